The minimum atomic E-state index is -0.937. The summed E-state index contributed by atoms with van der Waals surface area (Å²) in [6.07, 6.45) is 0.101. The van der Waals surface area contributed by atoms with Gasteiger partial charge in [-0.25, -0.2) is 0 Å². The van der Waals surface area contributed by atoms with E-state index in [9.17, 15) is 4.79 Å². The lowest BCUT2D eigenvalue weighted by molar-refractivity contribution is -0.205. The van der Waals surface area contributed by atoms with Crippen LogP contribution in [0.2, 0.25) is 0 Å². The van der Waals surface area contributed by atoms with Crippen LogP contribution in [0.1, 0.15) is 19.8 Å². The Bertz CT molecular complexity index is 145. The molecule has 64 valence electrons. The lowest BCUT2D eigenvalue weighted by Gasteiger charge is -2.26. The van der Waals surface area contributed by atoms with Gasteiger partial charge in [-0.3, -0.25) is 4.79 Å². The van der Waals surface area contributed by atoms with Crippen LogP contribution in [-0.4, -0.2) is 30.1 Å². The third-order valence-electron chi connectivity index (χ3n) is 1.56. The molecule has 0 radical (unpaired) electrons. The molecule has 1 aliphatic heterocycles. The van der Waals surface area contributed by atoms with Crippen LogP contribution in [0.25, 0.3) is 0 Å². The number of hydrogen-bond acceptors (Lipinski definition) is 4. The molecule has 4 nitrogen and oxygen atoms in total. The monoisotopic (exact) mass is 160 g/mol. The second kappa shape index (κ2) is 3.69. The van der Waals surface area contributed by atoms with Crippen LogP contribution in [0, 0.1) is 0 Å². The molecule has 1 rings (SSSR count). The molecule has 1 saturated heterocycles. The zero-order valence-corrected chi connectivity index (χ0v) is 6.45. The smallest absolute Gasteiger partial charge is 0.303 e. The van der Waals surface area contributed by atoms with E-state index in [1.165, 1.54) is 6.92 Å². The first-order chi connectivity index (χ1) is 5.20. The van der Waals surface area contributed by atoms with Crippen molar-refractivity contribution in [3.8, 4) is 0 Å². The Hall–Kier alpha value is -0.610. The molecular weight excluding hydrogens is 148 g/mol. The Morgan fingerprint density at radius 1 is 1.73 bits per heavy atom. The number of esters is 1. The summed E-state index contributed by atoms with van der Waals surface area (Å²) in [5.74, 6) is -0.375. The third kappa shape index (κ3) is 2.48. The zero-order chi connectivity index (χ0) is 8.27. The summed E-state index contributed by atoms with van der Waals surface area (Å²) in [4.78, 5) is 10.5. The molecule has 0 bridgehead atoms. The van der Waals surface area contributed by atoms with Gasteiger partial charge in [0.2, 0.25) is 0 Å². The zero-order valence-electron chi connectivity index (χ0n) is 6.45. The molecule has 1 heterocycles. The van der Waals surface area contributed by atoms with Gasteiger partial charge < -0.3 is 14.6 Å². The van der Waals surface area contributed by atoms with Crippen molar-refractivity contribution < 1.29 is 19.4 Å². The molecule has 11 heavy (non-hydrogen) atoms. The van der Waals surface area contributed by atoms with Crippen LogP contribution in [0.4, 0.5) is 0 Å². The van der Waals surface area contributed by atoms with Gasteiger partial charge in [0.1, 0.15) is 0 Å². The van der Waals surface area contributed by atoms with Crippen molar-refractivity contribution in [2.75, 3.05) is 6.61 Å². The molecular formula is C7H12O4. The Kier molecular flexibility index (Phi) is 2.84. The van der Waals surface area contributed by atoms with E-state index in [-0.39, 0.29) is 5.97 Å². The lowest BCUT2D eigenvalue weighted by Crippen LogP contribution is -2.36. The van der Waals surface area contributed by atoms with Crippen molar-refractivity contribution >= 4 is 5.97 Å². The molecule has 0 unspecified atom stereocenters. The number of aliphatic hydroxyl groups is 1. The van der Waals surface area contributed by atoms with Gasteiger partial charge in [0.15, 0.2) is 12.4 Å². The summed E-state index contributed by atoms with van der Waals surface area (Å²) in [6.45, 7) is 1.86. The first-order valence-electron chi connectivity index (χ1n) is 3.67. The number of carbonyl (C=O) groups excluding carboxylic acids is 1. The SMILES string of the molecule is CC(=O)O[C@H]1CCCO[C@H]1O. The molecule has 0 spiro atoms. The average Bonchev–Trinajstić information content (AvgIpc) is 1.93. The molecule has 0 amide bonds. The first-order valence-corrected chi connectivity index (χ1v) is 3.67. The van der Waals surface area contributed by atoms with Gasteiger partial charge in [0, 0.05) is 6.92 Å². The maximum atomic E-state index is 10.5. The summed E-state index contributed by atoms with van der Waals surface area (Å²) in [7, 11) is 0. The van der Waals surface area contributed by atoms with Crippen LogP contribution >= 0.6 is 0 Å². The molecule has 0 aromatic heterocycles. The normalized spacial score (nSPS) is 31.5. The van der Waals surface area contributed by atoms with Crippen LogP contribution < -0.4 is 0 Å². The van der Waals surface area contributed by atoms with Gasteiger partial charge in [-0.05, 0) is 12.8 Å². The van der Waals surface area contributed by atoms with Crippen molar-refractivity contribution in [2.45, 2.75) is 32.2 Å². The summed E-state index contributed by atoms with van der Waals surface area (Å²) in [6, 6.07) is 0. The molecule has 1 N–H and O–H groups in total. The lowest BCUT2D eigenvalue weighted by atomic mass is 10.1. The van der Waals surface area contributed by atoms with Gasteiger partial charge in [-0.2, -0.15) is 0 Å². The number of ether oxygens (including phenoxy) is 2. The van der Waals surface area contributed by atoms with Gasteiger partial charge in [-0.15, -0.1) is 0 Å². The van der Waals surface area contributed by atoms with Gasteiger partial charge in [0.25, 0.3) is 0 Å². The molecule has 0 aromatic rings. The topological polar surface area (TPSA) is 55.8 Å². The van der Waals surface area contributed by atoms with Crippen molar-refractivity contribution in [1.82, 2.24) is 0 Å². The highest BCUT2D eigenvalue weighted by Crippen LogP contribution is 2.14. The Morgan fingerprint density at radius 3 is 3.00 bits per heavy atom. The summed E-state index contributed by atoms with van der Waals surface area (Å²) < 4.78 is 9.66. The predicted molar refractivity (Wildman–Crippen MR) is 36.7 cm³/mol. The second-order valence-electron chi connectivity index (χ2n) is 2.55. The fraction of sp³-hybridized carbons (Fsp3) is 0.857. The summed E-state index contributed by atoms with van der Waals surface area (Å²) >= 11 is 0. The van der Waals surface area contributed by atoms with E-state index < -0.39 is 12.4 Å². The summed E-state index contributed by atoms with van der Waals surface area (Å²) in [5, 5.41) is 9.12. The molecule has 1 aliphatic rings. The van der Waals surface area contributed by atoms with E-state index in [4.69, 9.17) is 14.6 Å². The number of hydrogen-bond donors (Lipinski definition) is 1. The highest BCUT2D eigenvalue weighted by molar-refractivity contribution is 5.66. The highest BCUT2D eigenvalue weighted by atomic mass is 16.6. The maximum absolute atomic E-state index is 10.5. The van der Waals surface area contributed by atoms with Gasteiger partial charge in [0.05, 0.1) is 6.61 Å². The van der Waals surface area contributed by atoms with Gasteiger partial charge >= 0.3 is 5.97 Å². The second-order valence-corrected chi connectivity index (χ2v) is 2.55. The average molecular weight is 160 g/mol. The van der Waals surface area contributed by atoms with Crippen molar-refractivity contribution in [3.63, 3.8) is 0 Å². The molecule has 2 atom stereocenters. The Labute approximate surface area is 65.1 Å². The minimum absolute atomic E-state index is 0.375. The molecule has 0 aromatic carbocycles. The third-order valence-corrected chi connectivity index (χ3v) is 1.56. The predicted octanol–water partition coefficient (Wildman–Crippen LogP) is 0.0469. The largest absolute Gasteiger partial charge is 0.457 e. The fourth-order valence-corrected chi connectivity index (χ4v) is 1.07. The van der Waals surface area contributed by atoms with E-state index in [0.717, 1.165) is 6.42 Å². The van der Waals surface area contributed by atoms with Gasteiger partial charge in [-0.1, -0.05) is 0 Å². The van der Waals surface area contributed by atoms with Crippen molar-refractivity contribution in [3.05, 3.63) is 0 Å². The van der Waals surface area contributed by atoms with E-state index in [0.29, 0.717) is 13.0 Å². The van der Waals surface area contributed by atoms with Crippen LogP contribution in [0.3, 0.4) is 0 Å². The van der Waals surface area contributed by atoms with Crippen molar-refractivity contribution in [2.24, 2.45) is 0 Å². The Balaban J connectivity index is 2.35. The van der Waals surface area contributed by atoms with E-state index in [1.54, 1.807) is 0 Å². The van der Waals surface area contributed by atoms with E-state index >= 15 is 0 Å². The Morgan fingerprint density at radius 2 is 2.45 bits per heavy atom. The first kappa shape index (κ1) is 8.49. The molecule has 0 aliphatic carbocycles. The highest BCUT2D eigenvalue weighted by Gasteiger charge is 2.25. The van der Waals surface area contributed by atoms with Crippen LogP contribution in [-0.2, 0) is 14.3 Å². The minimum Gasteiger partial charge on any atom is -0.457 e. The van der Waals surface area contributed by atoms with E-state index in [1.807, 2.05) is 0 Å². The molecule has 0 saturated carbocycles. The standard InChI is InChI=1S/C7H12O4/c1-5(8)11-6-3-2-4-10-7(6)9/h6-7,9H,2-4H2,1H3/t6-,7+/m0/s1. The quantitative estimate of drug-likeness (QED) is 0.550. The number of rotatable bonds is 1. The summed E-state index contributed by atoms with van der Waals surface area (Å²) in [5.41, 5.74) is 0. The van der Waals surface area contributed by atoms with Crippen molar-refractivity contribution in [1.29, 1.82) is 0 Å². The fourth-order valence-electron chi connectivity index (χ4n) is 1.07. The van der Waals surface area contributed by atoms with E-state index in [2.05, 4.69) is 0 Å². The molecule has 1 fully saturated rings. The number of aliphatic hydroxyl groups excluding tert-OH is 1. The number of carbonyl (C=O) groups is 1. The van der Waals surface area contributed by atoms with Crippen LogP contribution in [0.15, 0.2) is 0 Å². The van der Waals surface area contributed by atoms with Crippen LogP contribution in [0.5, 0.6) is 0 Å². The molecule has 4 heteroatoms. The maximum Gasteiger partial charge on any atom is 0.303 e.